The highest BCUT2D eigenvalue weighted by Crippen LogP contribution is 2.18. The molecule has 17 heavy (non-hydrogen) atoms. The van der Waals surface area contributed by atoms with E-state index in [1.54, 1.807) is 0 Å². The van der Waals surface area contributed by atoms with E-state index in [0.29, 0.717) is 6.54 Å². The molecule has 0 aromatic carbocycles. The average molecular weight is 238 g/mol. The fourth-order valence-electron chi connectivity index (χ4n) is 2.02. The van der Waals surface area contributed by atoms with Gasteiger partial charge in [-0.3, -0.25) is 4.90 Å². The van der Waals surface area contributed by atoms with E-state index in [9.17, 15) is 0 Å². The van der Waals surface area contributed by atoms with Crippen molar-refractivity contribution in [3.8, 4) is 0 Å². The first-order chi connectivity index (χ1) is 8.10. The van der Waals surface area contributed by atoms with Crippen molar-refractivity contribution >= 4 is 0 Å². The predicted octanol–water partition coefficient (Wildman–Crippen LogP) is 1.88. The average Bonchev–Trinajstić information content (AvgIpc) is 2.75. The Morgan fingerprint density at radius 3 is 2.71 bits per heavy atom. The summed E-state index contributed by atoms with van der Waals surface area (Å²) in [4.78, 5) is 6.56. The van der Waals surface area contributed by atoms with Crippen molar-refractivity contribution in [3.63, 3.8) is 0 Å². The van der Waals surface area contributed by atoms with Crippen LogP contribution < -0.4 is 5.73 Å². The molecule has 1 unspecified atom stereocenters. The molecular weight excluding hydrogens is 212 g/mol. The quantitative estimate of drug-likeness (QED) is 0.789. The van der Waals surface area contributed by atoms with Crippen molar-refractivity contribution in [2.24, 2.45) is 11.7 Å². The summed E-state index contributed by atoms with van der Waals surface area (Å²) in [6.07, 6.45) is 5.02. The van der Waals surface area contributed by atoms with Gasteiger partial charge in [0.25, 0.3) is 0 Å². The molecule has 0 saturated carbocycles. The maximum absolute atomic E-state index is 5.91. The van der Waals surface area contributed by atoms with Crippen LogP contribution in [0.15, 0.2) is 12.5 Å². The van der Waals surface area contributed by atoms with E-state index in [1.807, 2.05) is 12.5 Å². The Hall–Kier alpha value is -0.870. The summed E-state index contributed by atoms with van der Waals surface area (Å²) >= 11 is 0. The zero-order valence-electron chi connectivity index (χ0n) is 11.6. The predicted molar refractivity (Wildman–Crippen MR) is 71.8 cm³/mol. The molecular formula is C13H26N4. The van der Waals surface area contributed by atoms with Gasteiger partial charge >= 0.3 is 0 Å². The van der Waals surface area contributed by atoms with Crippen molar-refractivity contribution in [2.75, 3.05) is 20.1 Å². The van der Waals surface area contributed by atoms with Crippen LogP contribution in [0.3, 0.4) is 0 Å². The minimum absolute atomic E-state index is 0.274. The number of rotatable bonds is 7. The number of aromatic nitrogens is 2. The first-order valence-electron chi connectivity index (χ1n) is 6.50. The maximum Gasteiger partial charge on any atom is 0.0948 e. The number of nitrogens with two attached hydrogens (primary N) is 1. The first-order valence-corrected chi connectivity index (χ1v) is 6.50. The van der Waals surface area contributed by atoms with Crippen molar-refractivity contribution in [3.05, 3.63) is 18.2 Å². The van der Waals surface area contributed by atoms with Gasteiger partial charge in [-0.1, -0.05) is 13.8 Å². The van der Waals surface area contributed by atoms with Crippen molar-refractivity contribution < 1.29 is 0 Å². The van der Waals surface area contributed by atoms with E-state index in [1.165, 1.54) is 12.1 Å². The zero-order valence-corrected chi connectivity index (χ0v) is 11.6. The third-order valence-corrected chi connectivity index (χ3v) is 3.24. The van der Waals surface area contributed by atoms with Crippen LogP contribution in [0.5, 0.6) is 0 Å². The molecule has 1 heterocycles. The van der Waals surface area contributed by atoms with Gasteiger partial charge < -0.3 is 10.3 Å². The molecule has 1 rings (SSSR count). The normalized spacial score (nSPS) is 13.6. The molecule has 2 N–H and O–H groups in total. The van der Waals surface area contributed by atoms with Crippen LogP contribution in [0.25, 0.3) is 0 Å². The summed E-state index contributed by atoms with van der Waals surface area (Å²) in [5.74, 6) is 0.729. The molecule has 4 heteroatoms. The summed E-state index contributed by atoms with van der Waals surface area (Å²) in [7, 11) is 2.15. The Kier molecular flexibility index (Phi) is 5.65. The molecule has 4 nitrogen and oxygen atoms in total. The summed E-state index contributed by atoms with van der Waals surface area (Å²) in [6, 6.07) is 0.274. The number of imidazole rings is 1. The van der Waals surface area contributed by atoms with E-state index in [-0.39, 0.29) is 6.04 Å². The smallest absolute Gasteiger partial charge is 0.0948 e. The van der Waals surface area contributed by atoms with Crippen molar-refractivity contribution in [2.45, 2.75) is 39.8 Å². The fourth-order valence-corrected chi connectivity index (χ4v) is 2.02. The number of nitrogens with zero attached hydrogens (tertiary/aromatic N) is 3. The molecule has 0 aliphatic heterocycles. The van der Waals surface area contributed by atoms with Crippen molar-refractivity contribution in [1.29, 1.82) is 0 Å². The largest absolute Gasteiger partial charge is 0.333 e. The standard InChI is InChI=1S/C13H26N4/c1-5-17-10-15-9-13(17)12(8-14)16(4)7-6-11(2)3/h9-12H,5-8,14H2,1-4H3. The summed E-state index contributed by atoms with van der Waals surface area (Å²) in [6.45, 7) is 9.30. The molecule has 98 valence electrons. The lowest BCUT2D eigenvalue weighted by atomic mass is 10.1. The van der Waals surface area contributed by atoms with Gasteiger partial charge in [0.2, 0.25) is 0 Å². The monoisotopic (exact) mass is 238 g/mol. The van der Waals surface area contributed by atoms with E-state index < -0.39 is 0 Å². The highest BCUT2D eigenvalue weighted by Gasteiger charge is 2.18. The molecule has 0 spiro atoms. The third kappa shape index (κ3) is 3.82. The van der Waals surface area contributed by atoms with Gasteiger partial charge in [-0.2, -0.15) is 0 Å². The molecule has 1 atom stereocenters. The summed E-state index contributed by atoms with van der Waals surface area (Å²) in [5, 5.41) is 0. The van der Waals surface area contributed by atoms with Crippen LogP contribution in [-0.4, -0.2) is 34.6 Å². The molecule has 0 fully saturated rings. The van der Waals surface area contributed by atoms with Gasteiger partial charge in [0.1, 0.15) is 0 Å². The Labute approximate surface area is 105 Å². The number of aryl methyl sites for hydroxylation is 1. The van der Waals surface area contributed by atoms with E-state index in [0.717, 1.165) is 19.0 Å². The Morgan fingerprint density at radius 2 is 2.18 bits per heavy atom. The van der Waals surface area contributed by atoms with Crippen LogP contribution >= 0.6 is 0 Å². The number of hydrogen-bond acceptors (Lipinski definition) is 3. The van der Waals surface area contributed by atoms with E-state index in [2.05, 4.69) is 42.3 Å². The number of likely N-dealkylation sites (N-methyl/N-ethyl adjacent to an activating group) is 1. The zero-order chi connectivity index (χ0) is 12.8. The SMILES string of the molecule is CCn1cncc1C(CN)N(C)CCC(C)C. The van der Waals surface area contributed by atoms with E-state index >= 15 is 0 Å². The van der Waals surface area contributed by atoms with Crippen LogP contribution in [0.1, 0.15) is 38.9 Å². The van der Waals surface area contributed by atoms with Gasteiger partial charge in [0.05, 0.1) is 18.1 Å². The van der Waals surface area contributed by atoms with Gasteiger partial charge in [-0.15, -0.1) is 0 Å². The first kappa shape index (κ1) is 14.2. The summed E-state index contributed by atoms with van der Waals surface area (Å²) in [5.41, 5.74) is 7.14. The molecule has 1 aromatic heterocycles. The Balaban J connectivity index is 2.70. The van der Waals surface area contributed by atoms with Crippen LogP contribution in [0, 0.1) is 5.92 Å². The van der Waals surface area contributed by atoms with Crippen LogP contribution in [0.2, 0.25) is 0 Å². The molecule has 0 radical (unpaired) electrons. The second kappa shape index (κ2) is 6.77. The molecule has 0 aliphatic rings. The highest BCUT2D eigenvalue weighted by molar-refractivity contribution is 5.06. The molecule has 0 bridgehead atoms. The maximum atomic E-state index is 5.91. The number of hydrogen-bond donors (Lipinski definition) is 1. The minimum atomic E-state index is 0.274. The van der Waals surface area contributed by atoms with Gasteiger partial charge in [0, 0.05) is 19.3 Å². The van der Waals surface area contributed by atoms with Crippen molar-refractivity contribution in [1.82, 2.24) is 14.5 Å². The lowest BCUT2D eigenvalue weighted by Crippen LogP contribution is -2.33. The fraction of sp³-hybridized carbons (Fsp3) is 0.769. The molecule has 0 aliphatic carbocycles. The minimum Gasteiger partial charge on any atom is -0.333 e. The third-order valence-electron chi connectivity index (χ3n) is 3.24. The molecule has 0 amide bonds. The van der Waals surface area contributed by atoms with Gasteiger partial charge in [-0.05, 0) is 32.9 Å². The topological polar surface area (TPSA) is 47.1 Å². The Bertz CT molecular complexity index is 319. The van der Waals surface area contributed by atoms with Gasteiger partial charge in [-0.25, -0.2) is 4.98 Å². The molecule has 0 saturated heterocycles. The highest BCUT2D eigenvalue weighted by atomic mass is 15.2. The summed E-state index contributed by atoms with van der Waals surface area (Å²) < 4.78 is 2.17. The van der Waals surface area contributed by atoms with Crippen LogP contribution in [-0.2, 0) is 6.54 Å². The second-order valence-corrected chi connectivity index (χ2v) is 5.02. The van der Waals surface area contributed by atoms with E-state index in [4.69, 9.17) is 5.73 Å². The van der Waals surface area contributed by atoms with Gasteiger partial charge in [0.15, 0.2) is 0 Å². The second-order valence-electron chi connectivity index (χ2n) is 5.02. The molecule has 1 aromatic rings. The lowest BCUT2D eigenvalue weighted by molar-refractivity contribution is 0.228. The van der Waals surface area contributed by atoms with Crippen LogP contribution in [0.4, 0.5) is 0 Å². The lowest BCUT2D eigenvalue weighted by Gasteiger charge is -2.28. The Morgan fingerprint density at radius 1 is 1.47 bits per heavy atom.